The third-order valence-electron chi connectivity index (χ3n) is 3.45. The van der Waals surface area contributed by atoms with Crippen molar-refractivity contribution in [2.75, 3.05) is 50.7 Å². The fourth-order valence-corrected chi connectivity index (χ4v) is 2.34. The summed E-state index contributed by atoms with van der Waals surface area (Å²) in [5.41, 5.74) is 0.979. The summed E-state index contributed by atoms with van der Waals surface area (Å²) in [5, 5.41) is 3.35. The van der Waals surface area contributed by atoms with Crippen LogP contribution >= 0.6 is 0 Å². The Balaban J connectivity index is 1.88. The van der Waals surface area contributed by atoms with Crippen LogP contribution in [0.1, 0.15) is 6.92 Å². The molecule has 1 fully saturated rings. The van der Waals surface area contributed by atoms with Gasteiger partial charge in [0.25, 0.3) is 0 Å². The number of hydrogen-bond donors (Lipinski definition) is 1. The molecule has 2 rings (SSSR count). The van der Waals surface area contributed by atoms with Crippen molar-refractivity contribution in [2.45, 2.75) is 6.92 Å². The SMILES string of the molecule is CCN(CCN1CCNCC1)c1cccc(F)c1. The van der Waals surface area contributed by atoms with E-state index in [0.29, 0.717) is 0 Å². The average molecular weight is 251 g/mol. The van der Waals surface area contributed by atoms with Crippen molar-refractivity contribution in [2.24, 2.45) is 0 Å². The van der Waals surface area contributed by atoms with E-state index >= 15 is 0 Å². The maximum atomic E-state index is 13.2. The number of hydrogen-bond acceptors (Lipinski definition) is 3. The molecular weight excluding hydrogens is 229 g/mol. The molecule has 4 heteroatoms. The molecule has 1 aliphatic heterocycles. The quantitative estimate of drug-likeness (QED) is 0.857. The van der Waals surface area contributed by atoms with Crippen LogP contribution in [0.25, 0.3) is 0 Å². The second kappa shape index (κ2) is 6.71. The van der Waals surface area contributed by atoms with Gasteiger partial charge in [-0.15, -0.1) is 0 Å². The summed E-state index contributed by atoms with van der Waals surface area (Å²) in [4.78, 5) is 4.68. The number of rotatable bonds is 5. The number of benzene rings is 1. The summed E-state index contributed by atoms with van der Waals surface area (Å²) in [6, 6.07) is 6.86. The lowest BCUT2D eigenvalue weighted by molar-refractivity contribution is 0.246. The van der Waals surface area contributed by atoms with Crippen molar-refractivity contribution in [3.8, 4) is 0 Å². The highest BCUT2D eigenvalue weighted by atomic mass is 19.1. The second-order valence-electron chi connectivity index (χ2n) is 4.65. The normalized spacial score (nSPS) is 16.8. The van der Waals surface area contributed by atoms with Crippen molar-refractivity contribution in [3.63, 3.8) is 0 Å². The van der Waals surface area contributed by atoms with Crippen molar-refractivity contribution in [3.05, 3.63) is 30.1 Å². The molecule has 100 valence electrons. The van der Waals surface area contributed by atoms with Crippen LogP contribution in [0.15, 0.2) is 24.3 Å². The fraction of sp³-hybridized carbons (Fsp3) is 0.571. The largest absolute Gasteiger partial charge is 0.370 e. The highest BCUT2D eigenvalue weighted by Gasteiger charge is 2.11. The lowest BCUT2D eigenvalue weighted by Crippen LogP contribution is -2.46. The number of piperazine rings is 1. The molecule has 0 spiro atoms. The standard InChI is InChI=1S/C14H22FN3/c1-2-18(14-5-3-4-13(15)12-14)11-10-17-8-6-16-7-9-17/h3-5,12,16H,2,6-11H2,1H3. The second-order valence-corrected chi connectivity index (χ2v) is 4.65. The smallest absolute Gasteiger partial charge is 0.125 e. The first-order chi connectivity index (χ1) is 8.79. The Bertz CT molecular complexity index is 364. The Labute approximate surface area is 109 Å². The van der Waals surface area contributed by atoms with Gasteiger partial charge in [-0.2, -0.15) is 0 Å². The molecule has 1 aliphatic rings. The van der Waals surface area contributed by atoms with Gasteiger partial charge >= 0.3 is 0 Å². The molecule has 0 amide bonds. The molecule has 0 radical (unpaired) electrons. The lowest BCUT2D eigenvalue weighted by atomic mass is 10.2. The zero-order chi connectivity index (χ0) is 12.8. The molecular formula is C14H22FN3. The number of nitrogens with zero attached hydrogens (tertiary/aromatic N) is 2. The van der Waals surface area contributed by atoms with E-state index in [2.05, 4.69) is 22.0 Å². The minimum atomic E-state index is -0.159. The Morgan fingerprint density at radius 2 is 2.11 bits per heavy atom. The highest BCUT2D eigenvalue weighted by molar-refractivity contribution is 5.46. The van der Waals surface area contributed by atoms with Gasteiger partial charge in [0.15, 0.2) is 0 Å². The third-order valence-corrected chi connectivity index (χ3v) is 3.45. The van der Waals surface area contributed by atoms with Gasteiger partial charge in [0.05, 0.1) is 0 Å². The third kappa shape index (κ3) is 3.68. The molecule has 0 bridgehead atoms. The minimum Gasteiger partial charge on any atom is -0.370 e. The predicted octanol–water partition coefficient (Wildman–Crippen LogP) is 1.56. The zero-order valence-corrected chi connectivity index (χ0v) is 11.0. The number of anilines is 1. The topological polar surface area (TPSA) is 18.5 Å². The van der Waals surface area contributed by atoms with E-state index in [4.69, 9.17) is 0 Å². The molecule has 0 unspecified atom stereocenters. The summed E-state index contributed by atoms with van der Waals surface area (Å²) in [6.07, 6.45) is 0. The van der Waals surface area contributed by atoms with E-state index in [0.717, 1.165) is 51.5 Å². The summed E-state index contributed by atoms with van der Waals surface area (Å²) >= 11 is 0. The van der Waals surface area contributed by atoms with Crippen molar-refractivity contribution < 1.29 is 4.39 Å². The lowest BCUT2D eigenvalue weighted by Gasteiger charge is -2.31. The van der Waals surface area contributed by atoms with Crippen LogP contribution in [-0.2, 0) is 0 Å². The molecule has 0 aromatic heterocycles. The zero-order valence-electron chi connectivity index (χ0n) is 11.0. The van der Waals surface area contributed by atoms with Gasteiger partial charge in [-0.05, 0) is 25.1 Å². The molecule has 1 saturated heterocycles. The van der Waals surface area contributed by atoms with Crippen molar-refractivity contribution in [1.29, 1.82) is 0 Å². The number of halogens is 1. The summed E-state index contributed by atoms with van der Waals surface area (Å²) in [6.45, 7) is 9.41. The van der Waals surface area contributed by atoms with E-state index in [-0.39, 0.29) is 5.82 Å². The van der Waals surface area contributed by atoms with Gasteiger partial charge in [-0.3, -0.25) is 4.90 Å². The molecule has 3 nitrogen and oxygen atoms in total. The van der Waals surface area contributed by atoms with E-state index in [9.17, 15) is 4.39 Å². The molecule has 1 aromatic carbocycles. The summed E-state index contributed by atoms with van der Waals surface area (Å²) in [7, 11) is 0. The summed E-state index contributed by atoms with van der Waals surface area (Å²) in [5.74, 6) is -0.159. The predicted molar refractivity (Wildman–Crippen MR) is 73.6 cm³/mol. The monoisotopic (exact) mass is 251 g/mol. The molecule has 1 N–H and O–H groups in total. The van der Waals surface area contributed by atoms with E-state index < -0.39 is 0 Å². The van der Waals surface area contributed by atoms with E-state index in [1.807, 2.05) is 6.07 Å². The maximum absolute atomic E-state index is 13.2. The van der Waals surface area contributed by atoms with Crippen LogP contribution in [0.4, 0.5) is 10.1 Å². The molecule has 18 heavy (non-hydrogen) atoms. The van der Waals surface area contributed by atoms with Gasteiger partial charge < -0.3 is 10.2 Å². The fourth-order valence-electron chi connectivity index (χ4n) is 2.34. The Kier molecular flexibility index (Phi) is 4.96. The molecule has 0 atom stereocenters. The molecule has 0 aliphatic carbocycles. The van der Waals surface area contributed by atoms with E-state index in [1.165, 1.54) is 6.07 Å². The number of nitrogens with one attached hydrogen (secondary N) is 1. The van der Waals surface area contributed by atoms with Gasteiger partial charge in [0, 0.05) is 51.5 Å². The maximum Gasteiger partial charge on any atom is 0.125 e. The van der Waals surface area contributed by atoms with Crippen LogP contribution in [0.3, 0.4) is 0 Å². The molecule has 0 saturated carbocycles. The summed E-state index contributed by atoms with van der Waals surface area (Å²) < 4.78 is 13.2. The van der Waals surface area contributed by atoms with Crippen LogP contribution in [0.5, 0.6) is 0 Å². The van der Waals surface area contributed by atoms with Crippen LogP contribution in [0.2, 0.25) is 0 Å². The number of likely N-dealkylation sites (N-methyl/N-ethyl adjacent to an activating group) is 1. The first kappa shape index (κ1) is 13.3. The molecule has 1 heterocycles. The van der Waals surface area contributed by atoms with Crippen molar-refractivity contribution in [1.82, 2.24) is 10.2 Å². The van der Waals surface area contributed by atoms with Crippen LogP contribution in [0, 0.1) is 5.82 Å². The van der Waals surface area contributed by atoms with Gasteiger partial charge in [0.2, 0.25) is 0 Å². The van der Waals surface area contributed by atoms with E-state index in [1.54, 1.807) is 12.1 Å². The van der Waals surface area contributed by atoms with Crippen molar-refractivity contribution >= 4 is 5.69 Å². The van der Waals surface area contributed by atoms with Gasteiger partial charge in [-0.1, -0.05) is 6.07 Å². The van der Waals surface area contributed by atoms with Gasteiger partial charge in [-0.25, -0.2) is 4.39 Å². The van der Waals surface area contributed by atoms with Gasteiger partial charge in [0.1, 0.15) is 5.82 Å². The Morgan fingerprint density at radius 1 is 1.33 bits per heavy atom. The Hall–Kier alpha value is -1.13. The minimum absolute atomic E-state index is 0.159. The molecule has 1 aromatic rings. The van der Waals surface area contributed by atoms with Crippen LogP contribution < -0.4 is 10.2 Å². The first-order valence-corrected chi connectivity index (χ1v) is 6.73. The average Bonchev–Trinajstić information content (AvgIpc) is 2.41. The highest BCUT2D eigenvalue weighted by Crippen LogP contribution is 2.15. The van der Waals surface area contributed by atoms with Crippen LogP contribution in [-0.4, -0.2) is 50.7 Å². The first-order valence-electron chi connectivity index (χ1n) is 6.73. The Morgan fingerprint density at radius 3 is 2.78 bits per heavy atom.